The van der Waals surface area contributed by atoms with E-state index in [4.69, 9.17) is 14.2 Å². The van der Waals surface area contributed by atoms with Gasteiger partial charge < -0.3 is 44.7 Å². The Morgan fingerprint density at radius 3 is 2.31 bits per heavy atom. The van der Waals surface area contributed by atoms with Crippen molar-refractivity contribution in [3.05, 3.63) is 171 Å². The highest BCUT2D eigenvalue weighted by atomic mass is 16.6. The monoisotopic (exact) mass is 908 g/mol. The van der Waals surface area contributed by atoms with Gasteiger partial charge in [-0.15, -0.1) is 0 Å². The van der Waals surface area contributed by atoms with Crippen LogP contribution in [0.25, 0.3) is 10.9 Å². The fraction of sp³-hybridized carbons (Fsp3) is 0.321. The smallest absolute Gasteiger partial charge is 0.347 e. The van der Waals surface area contributed by atoms with E-state index in [9.17, 15) is 34.5 Å². The summed E-state index contributed by atoms with van der Waals surface area (Å²) in [5.74, 6) is -0.383. The Balaban J connectivity index is 0.801. The zero-order valence-electron chi connectivity index (χ0n) is 37.4. The number of hydrogen-bond acceptors (Lipinski definition) is 12. The van der Waals surface area contributed by atoms with Crippen LogP contribution in [0.15, 0.2) is 132 Å². The predicted molar refractivity (Wildman–Crippen MR) is 252 cm³/mol. The van der Waals surface area contributed by atoms with Crippen LogP contribution < -0.4 is 20.3 Å². The summed E-state index contributed by atoms with van der Waals surface area (Å²) in [5.41, 5.74) is 1.44. The molecule has 6 aromatic rings. The topological polar surface area (TPSA) is 191 Å². The van der Waals surface area contributed by atoms with Crippen molar-refractivity contribution in [3.63, 3.8) is 0 Å². The number of aromatic hydroxyl groups is 1. The van der Waals surface area contributed by atoms with E-state index in [0.717, 1.165) is 38.0 Å². The average Bonchev–Trinajstić information content (AvgIpc) is 3.34. The van der Waals surface area contributed by atoms with Crippen LogP contribution in [0.3, 0.4) is 0 Å². The molecule has 0 saturated carbocycles. The Hall–Kier alpha value is -6.84. The molecule has 348 valence electrons. The summed E-state index contributed by atoms with van der Waals surface area (Å²) in [5, 5.41) is 37.0. The lowest BCUT2D eigenvalue weighted by Crippen LogP contribution is -2.50. The number of phenols is 1. The van der Waals surface area contributed by atoms with Gasteiger partial charge in [-0.2, -0.15) is 0 Å². The summed E-state index contributed by atoms with van der Waals surface area (Å²) in [6, 6.07) is 36.8. The number of fused-ring (bicyclic) bond motifs is 1. The number of aliphatic hydroxyl groups is 2. The predicted octanol–water partition coefficient (Wildman–Crippen LogP) is 5.87. The van der Waals surface area contributed by atoms with Crippen molar-refractivity contribution in [2.24, 2.45) is 11.8 Å². The minimum Gasteiger partial charge on any atom is -0.506 e. The van der Waals surface area contributed by atoms with E-state index in [1.54, 1.807) is 83.8 Å². The molecule has 0 radical (unpaired) electrons. The lowest BCUT2D eigenvalue weighted by Gasteiger charge is -2.39. The van der Waals surface area contributed by atoms with Gasteiger partial charge in [-0.1, -0.05) is 84.9 Å². The molecule has 2 atom stereocenters. The number of ether oxygens (including phenoxy) is 3. The third-order valence-corrected chi connectivity index (χ3v) is 12.7. The van der Waals surface area contributed by atoms with Crippen LogP contribution in [-0.4, -0.2) is 101 Å². The van der Waals surface area contributed by atoms with Crippen LogP contribution in [0, 0.1) is 11.8 Å². The number of nitrogens with one attached hydrogen (secondary N) is 2. The van der Waals surface area contributed by atoms with Crippen molar-refractivity contribution in [2.75, 3.05) is 53.0 Å². The van der Waals surface area contributed by atoms with Crippen LogP contribution in [0.1, 0.15) is 63.5 Å². The molecule has 5 aromatic carbocycles. The molecule has 1 amide bonds. The average molecular weight is 909 g/mol. The van der Waals surface area contributed by atoms with E-state index >= 15 is 0 Å². The van der Waals surface area contributed by atoms with Gasteiger partial charge in [-0.05, 0) is 90.5 Å². The number of pyridine rings is 1. The van der Waals surface area contributed by atoms with Gasteiger partial charge in [-0.25, -0.2) is 4.79 Å². The zero-order valence-corrected chi connectivity index (χ0v) is 37.4. The first kappa shape index (κ1) is 46.7. The standard InChI is InChI=1S/C53H56N4O10/c1-65-48-26-37(28-54-29-47(60)43-17-19-46(59)50-44(43)18-20-49(61)55-50)15-16-45(48)51(62)57-31-38(32-57)25-41(58)34-66-42-14-8-13-40(27-42)53(64,39-11-6-3-7-12-39)52(63)67-33-36-21-23-56(24-22-36)30-35-9-4-2-5-10-35/h2-20,26-27,36,38,47,54,59-60,64H,21-25,28-34H2,1H3,(H,55,61)/t47-,53-/m0/s1. The van der Waals surface area contributed by atoms with Gasteiger partial charge in [-0.3, -0.25) is 19.3 Å². The van der Waals surface area contributed by atoms with Crippen LogP contribution in [0.5, 0.6) is 17.2 Å². The first-order valence-corrected chi connectivity index (χ1v) is 22.6. The Morgan fingerprint density at radius 2 is 1.57 bits per heavy atom. The van der Waals surface area contributed by atoms with Crippen molar-refractivity contribution < 1.29 is 43.9 Å². The van der Waals surface area contributed by atoms with Gasteiger partial charge in [0.05, 0.1) is 30.9 Å². The van der Waals surface area contributed by atoms with Crippen LogP contribution in [-0.2, 0) is 33.0 Å². The summed E-state index contributed by atoms with van der Waals surface area (Å²) in [6.45, 7) is 3.97. The molecule has 0 unspecified atom stereocenters. The zero-order chi connectivity index (χ0) is 46.9. The number of amides is 1. The SMILES string of the molecule is COc1cc(CNC[C@H](O)c2ccc(O)c3[nH]c(=O)ccc23)ccc1C(=O)N1CC(CC(=O)COc2cccc([C@](O)(C(=O)OCC3CCN(Cc4ccccc4)CC3)c3ccccc3)c2)C1. The normalized spacial score (nSPS) is 15.9. The molecule has 0 bridgehead atoms. The van der Waals surface area contributed by atoms with Crippen molar-refractivity contribution >= 4 is 28.6 Å². The van der Waals surface area contributed by atoms with Crippen molar-refractivity contribution in [2.45, 2.75) is 44.1 Å². The summed E-state index contributed by atoms with van der Waals surface area (Å²) in [7, 11) is 1.49. The number of nitrogens with zero attached hydrogens (tertiary/aromatic N) is 2. The molecule has 14 heteroatoms. The second kappa shape index (κ2) is 21.2. The molecule has 2 aliphatic rings. The van der Waals surface area contributed by atoms with Crippen LogP contribution >= 0.6 is 0 Å². The van der Waals surface area contributed by atoms with E-state index < -0.39 is 17.7 Å². The van der Waals surface area contributed by atoms with Crippen LogP contribution in [0.2, 0.25) is 0 Å². The fourth-order valence-corrected chi connectivity index (χ4v) is 8.96. The summed E-state index contributed by atoms with van der Waals surface area (Å²) < 4.78 is 17.4. The number of aliphatic hydroxyl groups excluding tert-OH is 1. The molecule has 1 aromatic heterocycles. The summed E-state index contributed by atoms with van der Waals surface area (Å²) >= 11 is 0. The number of carbonyl (C=O) groups excluding carboxylic acids is 3. The molecule has 2 fully saturated rings. The van der Waals surface area contributed by atoms with E-state index in [1.807, 2.05) is 24.3 Å². The molecule has 2 aliphatic heterocycles. The Morgan fingerprint density at radius 1 is 0.836 bits per heavy atom. The van der Waals surface area contributed by atoms with E-state index in [0.29, 0.717) is 53.2 Å². The van der Waals surface area contributed by atoms with E-state index in [1.165, 1.54) is 24.8 Å². The molecule has 14 nitrogen and oxygen atoms in total. The molecule has 0 spiro atoms. The molecule has 2 saturated heterocycles. The maximum Gasteiger partial charge on any atom is 0.347 e. The van der Waals surface area contributed by atoms with Gasteiger partial charge in [0, 0.05) is 62.1 Å². The Kier molecular flexibility index (Phi) is 14.8. The largest absolute Gasteiger partial charge is 0.506 e. The molecule has 8 rings (SSSR count). The number of Topliss-reactive ketones (excluding diaryl/α,β-unsaturated/α-hetero) is 1. The highest BCUT2D eigenvalue weighted by Crippen LogP contribution is 2.35. The number of aromatic nitrogens is 1. The number of likely N-dealkylation sites (tertiary alicyclic amines) is 2. The highest BCUT2D eigenvalue weighted by Gasteiger charge is 2.42. The van der Waals surface area contributed by atoms with Crippen molar-refractivity contribution in [3.8, 4) is 17.2 Å². The minimum atomic E-state index is -2.11. The lowest BCUT2D eigenvalue weighted by atomic mass is 9.86. The van der Waals surface area contributed by atoms with Gasteiger partial charge in [0.25, 0.3) is 5.91 Å². The number of benzene rings is 5. The molecule has 3 heterocycles. The second-order valence-electron chi connectivity index (χ2n) is 17.5. The van der Waals surface area contributed by atoms with Gasteiger partial charge >= 0.3 is 5.97 Å². The van der Waals surface area contributed by atoms with Gasteiger partial charge in [0.1, 0.15) is 23.9 Å². The Labute approximate surface area is 388 Å². The molecule has 0 aliphatic carbocycles. The maximum absolute atomic E-state index is 13.9. The van der Waals surface area contributed by atoms with Crippen molar-refractivity contribution in [1.82, 2.24) is 20.1 Å². The number of esters is 1. The van der Waals surface area contributed by atoms with Crippen molar-refractivity contribution in [1.29, 1.82) is 0 Å². The first-order chi connectivity index (χ1) is 32.5. The maximum atomic E-state index is 13.9. The number of rotatable bonds is 19. The fourth-order valence-electron chi connectivity index (χ4n) is 8.96. The number of piperidine rings is 1. The minimum absolute atomic E-state index is 0.0488. The number of aromatic amines is 1. The third-order valence-electron chi connectivity index (χ3n) is 12.7. The number of methoxy groups -OCH3 is 1. The highest BCUT2D eigenvalue weighted by molar-refractivity contribution is 5.97. The molecule has 67 heavy (non-hydrogen) atoms. The lowest BCUT2D eigenvalue weighted by molar-refractivity contribution is -0.164. The summed E-state index contributed by atoms with van der Waals surface area (Å²) in [4.78, 5) is 59.0. The van der Waals surface area contributed by atoms with E-state index in [2.05, 4.69) is 27.3 Å². The molecular weight excluding hydrogens is 853 g/mol. The van der Waals surface area contributed by atoms with Crippen LogP contribution in [0.4, 0.5) is 0 Å². The number of ketones is 1. The van der Waals surface area contributed by atoms with Gasteiger partial charge in [0.2, 0.25) is 11.2 Å². The third kappa shape index (κ3) is 11.1. The Bertz CT molecular complexity index is 2730. The second-order valence-corrected chi connectivity index (χ2v) is 17.5. The summed E-state index contributed by atoms with van der Waals surface area (Å²) in [6.07, 6.45) is 1.03. The van der Waals surface area contributed by atoms with E-state index in [-0.39, 0.29) is 72.1 Å². The van der Waals surface area contributed by atoms with Gasteiger partial charge in [0.15, 0.2) is 5.78 Å². The first-order valence-electron chi connectivity index (χ1n) is 22.6. The quantitative estimate of drug-likeness (QED) is 0.0609. The number of phenolic OH excluding ortho intramolecular Hbond substituents is 1. The molecule has 5 N–H and O–H groups in total. The number of H-pyrrole nitrogens is 1. The number of hydrogen-bond donors (Lipinski definition) is 5. The number of carbonyl (C=O) groups is 3. The molecular formula is C53H56N4O10.